The highest BCUT2D eigenvalue weighted by molar-refractivity contribution is 7.08. The van der Waals surface area contributed by atoms with E-state index in [1.165, 1.54) is 22.7 Å². The lowest BCUT2D eigenvalue weighted by Gasteiger charge is -1.97. The average molecular weight is 352 g/mol. The first-order valence-corrected chi connectivity index (χ1v) is 9.13. The Morgan fingerprint density at radius 2 is 1.12 bits per heavy atom. The molecule has 4 heterocycles. The Morgan fingerprint density at radius 3 is 1.50 bits per heavy atom. The molecule has 4 nitrogen and oxygen atoms in total. The van der Waals surface area contributed by atoms with Crippen molar-refractivity contribution in [3.8, 4) is 11.4 Å². The fourth-order valence-electron chi connectivity index (χ4n) is 2.47. The largest absolute Gasteiger partial charge is 0.351 e. The van der Waals surface area contributed by atoms with Crippen molar-refractivity contribution >= 4 is 34.2 Å². The van der Waals surface area contributed by atoms with E-state index in [0.29, 0.717) is 22.5 Å². The van der Waals surface area contributed by atoms with Gasteiger partial charge in [0.25, 0.3) is 0 Å². The van der Waals surface area contributed by atoms with Crippen molar-refractivity contribution in [1.29, 1.82) is 0 Å². The van der Waals surface area contributed by atoms with Crippen LogP contribution in [-0.4, -0.2) is 21.5 Å². The van der Waals surface area contributed by atoms with Gasteiger partial charge in [-0.15, -0.1) is 0 Å². The lowest BCUT2D eigenvalue weighted by molar-refractivity contribution is 0.102. The van der Waals surface area contributed by atoms with Crippen LogP contribution in [0.4, 0.5) is 0 Å². The minimum Gasteiger partial charge on any atom is -0.351 e. The van der Waals surface area contributed by atoms with E-state index in [-0.39, 0.29) is 11.6 Å². The third-order valence-corrected chi connectivity index (χ3v) is 5.08. The quantitative estimate of drug-likeness (QED) is 0.516. The van der Waals surface area contributed by atoms with Gasteiger partial charge in [-0.05, 0) is 47.2 Å². The third kappa shape index (κ3) is 2.66. The van der Waals surface area contributed by atoms with Crippen LogP contribution in [0.3, 0.4) is 0 Å². The van der Waals surface area contributed by atoms with Crippen LogP contribution in [0.1, 0.15) is 32.1 Å². The highest BCUT2D eigenvalue weighted by atomic mass is 32.1. The standard InChI is InChI=1S/C18H12N2O2S2/c21-17(11-5-7-23-9-11)15-3-1-13(19-15)14-2-4-16(20-14)18(22)12-6-8-24-10-12/h1-10,19-20H. The van der Waals surface area contributed by atoms with Crippen LogP contribution in [0.2, 0.25) is 0 Å². The number of ketones is 2. The molecular weight excluding hydrogens is 340 g/mol. The van der Waals surface area contributed by atoms with Gasteiger partial charge in [0.15, 0.2) is 0 Å². The number of rotatable bonds is 5. The van der Waals surface area contributed by atoms with Gasteiger partial charge in [0.1, 0.15) is 0 Å². The van der Waals surface area contributed by atoms with Gasteiger partial charge in [0.2, 0.25) is 11.6 Å². The third-order valence-electron chi connectivity index (χ3n) is 3.72. The second kappa shape index (κ2) is 6.07. The number of hydrogen-bond acceptors (Lipinski definition) is 4. The van der Waals surface area contributed by atoms with Gasteiger partial charge in [0.05, 0.1) is 22.8 Å². The zero-order valence-corrected chi connectivity index (χ0v) is 14.0. The van der Waals surface area contributed by atoms with E-state index in [2.05, 4.69) is 9.97 Å². The molecule has 0 bridgehead atoms. The Bertz CT molecular complexity index is 909. The van der Waals surface area contributed by atoms with Crippen molar-refractivity contribution in [3.63, 3.8) is 0 Å². The fraction of sp³-hybridized carbons (Fsp3) is 0. The van der Waals surface area contributed by atoms with Crippen molar-refractivity contribution in [1.82, 2.24) is 9.97 Å². The van der Waals surface area contributed by atoms with Crippen molar-refractivity contribution in [2.45, 2.75) is 0 Å². The molecule has 0 amide bonds. The number of carbonyl (C=O) groups excluding carboxylic acids is 2. The zero-order chi connectivity index (χ0) is 16.5. The smallest absolute Gasteiger partial charge is 0.210 e. The molecule has 0 aliphatic carbocycles. The number of hydrogen-bond donors (Lipinski definition) is 2. The molecule has 0 unspecified atom stereocenters. The van der Waals surface area contributed by atoms with E-state index < -0.39 is 0 Å². The van der Waals surface area contributed by atoms with Crippen LogP contribution in [0.5, 0.6) is 0 Å². The van der Waals surface area contributed by atoms with E-state index in [1.807, 2.05) is 33.7 Å². The van der Waals surface area contributed by atoms with Crippen molar-refractivity contribution in [3.05, 3.63) is 80.4 Å². The minimum atomic E-state index is -0.0383. The van der Waals surface area contributed by atoms with Crippen molar-refractivity contribution < 1.29 is 9.59 Å². The summed E-state index contributed by atoms with van der Waals surface area (Å²) in [6, 6.07) is 10.8. The van der Waals surface area contributed by atoms with Crippen LogP contribution < -0.4 is 0 Å². The molecule has 4 aromatic heterocycles. The summed E-state index contributed by atoms with van der Waals surface area (Å²) in [5, 5.41) is 7.42. The normalized spacial score (nSPS) is 10.8. The maximum absolute atomic E-state index is 12.3. The number of thiophene rings is 2. The van der Waals surface area contributed by atoms with Crippen LogP contribution in [0.15, 0.2) is 57.9 Å². The van der Waals surface area contributed by atoms with E-state index >= 15 is 0 Å². The van der Waals surface area contributed by atoms with Gasteiger partial charge in [-0.3, -0.25) is 9.59 Å². The molecule has 0 aromatic carbocycles. The van der Waals surface area contributed by atoms with Crippen LogP contribution in [0, 0.1) is 0 Å². The predicted molar refractivity (Wildman–Crippen MR) is 96.1 cm³/mol. The highest BCUT2D eigenvalue weighted by Gasteiger charge is 2.15. The summed E-state index contributed by atoms with van der Waals surface area (Å²) in [4.78, 5) is 30.9. The summed E-state index contributed by atoms with van der Waals surface area (Å²) in [6.07, 6.45) is 0. The molecular formula is C18H12N2O2S2. The zero-order valence-electron chi connectivity index (χ0n) is 12.4. The molecule has 2 N–H and O–H groups in total. The Kier molecular flexibility index (Phi) is 3.76. The average Bonchev–Trinajstić information content (AvgIpc) is 3.42. The Morgan fingerprint density at radius 1 is 0.667 bits per heavy atom. The summed E-state index contributed by atoms with van der Waals surface area (Å²) < 4.78 is 0. The summed E-state index contributed by atoms with van der Waals surface area (Å²) >= 11 is 2.99. The lowest BCUT2D eigenvalue weighted by Crippen LogP contribution is -2.00. The Hall–Kier alpha value is -2.70. The number of aromatic nitrogens is 2. The molecule has 0 spiro atoms. The molecule has 118 valence electrons. The summed E-state index contributed by atoms with van der Waals surface area (Å²) in [6.45, 7) is 0. The molecule has 0 atom stereocenters. The molecule has 0 fully saturated rings. The number of nitrogens with one attached hydrogen (secondary N) is 2. The molecule has 0 aliphatic rings. The molecule has 0 saturated heterocycles. The second-order valence-electron chi connectivity index (χ2n) is 5.25. The summed E-state index contributed by atoms with van der Waals surface area (Å²) in [5.41, 5.74) is 3.96. The van der Waals surface area contributed by atoms with E-state index in [9.17, 15) is 9.59 Å². The van der Waals surface area contributed by atoms with Crippen LogP contribution >= 0.6 is 22.7 Å². The molecule has 0 saturated carbocycles. The SMILES string of the molecule is O=C(c1ccsc1)c1ccc(-c2ccc(C(=O)c3ccsc3)[nH]2)[nH]1. The number of H-pyrrole nitrogens is 2. The van der Waals surface area contributed by atoms with Gasteiger partial charge in [0, 0.05) is 21.9 Å². The first kappa shape index (κ1) is 14.9. The highest BCUT2D eigenvalue weighted by Crippen LogP contribution is 2.21. The second-order valence-corrected chi connectivity index (χ2v) is 6.81. The molecule has 0 radical (unpaired) electrons. The summed E-state index contributed by atoms with van der Waals surface area (Å²) in [7, 11) is 0. The van der Waals surface area contributed by atoms with Crippen LogP contribution in [0.25, 0.3) is 11.4 Å². The molecule has 6 heteroatoms. The van der Waals surface area contributed by atoms with Crippen molar-refractivity contribution in [2.75, 3.05) is 0 Å². The minimum absolute atomic E-state index is 0.0383. The van der Waals surface area contributed by atoms with E-state index in [0.717, 1.165) is 11.4 Å². The Balaban J connectivity index is 1.59. The number of aromatic amines is 2. The first-order chi connectivity index (χ1) is 11.7. The summed E-state index contributed by atoms with van der Waals surface area (Å²) in [5.74, 6) is -0.0766. The maximum Gasteiger partial charge on any atom is 0.210 e. The van der Waals surface area contributed by atoms with Crippen molar-refractivity contribution in [2.24, 2.45) is 0 Å². The molecule has 24 heavy (non-hydrogen) atoms. The molecule has 4 aromatic rings. The van der Waals surface area contributed by atoms with Gasteiger partial charge in [-0.1, -0.05) is 0 Å². The maximum atomic E-state index is 12.3. The van der Waals surface area contributed by atoms with Gasteiger partial charge < -0.3 is 9.97 Å². The van der Waals surface area contributed by atoms with Gasteiger partial charge >= 0.3 is 0 Å². The Labute approximate surface area is 145 Å². The topological polar surface area (TPSA) is 65.7 Å². The van der Waals surface area contributed by atoms with E-state index in [1.54, 1.807) is 24.3 Å². The first-order valence-electron chi connectivity index (χ1n) is 7.24. The predicted octanol–water partition coefficient (Wildman–Crippen LogP) is 4.59. The van der Waals surface area contributed by atoms with Gasteiger partial charge in [-0.25, -0.2) is 0 Å². The monoisotopic (exact) mass is 352 g/mol. The lowest BCUT2D eigenvalue weighted by atomic mass is 10.2. The van der Waals surface area contributed by atoms with Gasteiger partial charge in [-0.2, -0.15) is 22.7 Å². The molecule has 4 rings (SSSR count). The van der Waals surface area contributed by atoms with Crippen LogP contribution in [-0.2, 0) is 0 Å². The fourth-order valence-corrected chi connectivity index (χ4v) is 3.74. The molecule has 0 aliphatic heterocycles. The number of carbonyl (C=O) groups is 2. The van der Waals surface area contributed by atoms with E-state index in [4.69, 9.17) is 0 Å².